The SMILES string of the molecule is CCCCCN(C)CCC(NCCC)C(=O)O. The summed E-state index contributed by atoms with van der Waals surface area (Å²) in [6, 6.07) is -0.399. The number of hydrogen-bond acceptors (Lipinski definition) is 3. The molecule has 0 radical (unpaired) electrons. The van der Waals surface area contributed by atoms with Gasteiger partial charge in [0, 0.05) is 0 Å². The van der Waals surface area contributed by atoms with Gasteiger partial charge < -0.3 is 15.3 Å². The summed E-state index contributed by atoms with van der Waals surface area (Å²) in [5, 5.41) is 12.1. The number of nitrogens with zero attached hydrogens (tertiary/aromatic N) is 1. The maximum Gasteiger partial charge on any atom is 0.320 e. The van der Waals surface area contributed by atoms with E-state index in [4.69, 9.17) is 5.11 Å². The van der Waals surface area contributed by atoms with Crippen LogP contribution in [-0.2, 0) is 4.79 Å². The number of carboxylic acids is 1. The quantitative estimate of drug-likeness (QED) is 0.545. The van der Waals surface area contributed by atoms with E-state index in [-0.39, 0.29) is 0 Å². The molecule has 0 fully saturated rings. The highest BCUT2D eigenvalue weighted by Gasteiger charge is 2.16. The first-order valence-electron chi connectivity index (χ1n) is 6.76. The first kappa shape index (κ1) is 16.4. The molecule has 0 aromatic heterocycles. The normalized spacial score (nSPS) is 12.9. The average molecular weight is 244 g/mol. The molecule has 0 aliphatic rings. The Balaban J connectivity index is 3.74. The van der Waals surface area contributed by atoms with Gasteiger partial charge in [-0.25, -0.2) is 0 Å². The van der Waals surface area contributed by atoms with Crippen LogP contribution in [0.15, 0.2) is 0 Å². The molecule has 0 amide bonds. The first-order chi connectivity index (χ1) is 8.11. The third-order valence-electron chi connectivity index (χ3n) is 2.88. The summed E-state index contributed by atoms with van der Waals surface area (Å²) in [5.74, 6) is -0.736. The molecule has 0 aromatic carbocycles. The van der Waals surface area contributed by atoms with E-state index < -0.39 is 12.0 Å². The van der Waals surface area contributed by atoms with Gasteiger partial charge in [-0.2, -0.15) is 0 Å². The number of rotatable bonds is 11. The summed E-state index contributed by atoms with van der Waals surface area (Å²) in [6.07, 6.45) is 5.33. The molecule has 17 heavy (non-hydrogen) atoms. The van der Waals surface area contributed by atoms with Crippen LogP contribution in [0.4, 0.5) is 0 Å². The lowest BCUT2D eigenvalue weighted by molar-refractivity contribution is -0.139. The summed E-state index contributed by atoms with van der Waals surface area (Å²) < 4.78 is 0. The second kappa shape index (κ2) is 10.5. The molecule has 0 aromatic rings. The van der Waals surface area contributed by atoms with E-state index in [0.29, 0.717) is 6.42 Å². The van der Waals surface area contributed by atoms with Crippen molar-refractivity contribution in [2.75, 3.05) is 26.7 Å². The van der Waals surface area contributed by atoms with E-state index in [9.17, 15) is 4.79 Å². The van der Waals surface area contributed by atoms with Crippen LogP contribution >= 0.6 is 0 Å². The monoisotopic (exact) mass is 244 g/mol. The van der Waals surface area contributed by atoms with Gasteiger partial charge in [-0.15, -0.1) is 0 Å². The zero-order valence-corrected chi connectivity index (χ0v) is 11.5. The molecule has 0 spiro atoms. The molecule has 0 heterocycles. The van der Waals surface area contributed by atoms with Crippen molar-refractivity contribution in [3.63, 3.8) is 0 Å². The van der Waals surface area contributed by atoms with Crippen LogP contribution < -0.4 is 5.32 Å². The summed E-state index contributed by atoms with van der Waals surface area (Å²) in [6.45, 7) is 6.92. The van der Waals surface area contributed by atoms with Crippen LogP contribution in [0.25, 0.3) is 0 Å². The van der Waals surface area contributed by atoms with Crippen LogP contribution in [0.2, 0.25) is 0 Å². The molecule has 102 valence electrons. The number of carboxylic acid groups (broad SMARTS) is 1. The van der Waals surface area contributed by atoms with Crippen LogP contribution in [0.3, 0.4) is 0 Å². The van der Waals surface area contributed by atoms with Crippen molar-refractivity contribution in [1.29, 1.82) is 0 Å². The van der Waals surface area contributed by atoms with Gasteiger partial charge in [0.25, 0.3) is 0 Å². The molecule has 0 aliphatic heterocycles. The van der Waals surface area contributed by atoms with E-state index in [0.717, 1.165) is 26.1 Å². The fourth-order valence-corrected chi connectivity index (χ4v) is 1.72. The van der Waals surface area contributed by atoms with Gasteiger partial charge >= 0.3 is 5.97 Å². The van der Waals surface area contributed by atoms with Crippen LogP contribution in [0.5, 0.6) is 0 Å². The first-order valence-corrected chi connectivity index (χ1v) is 6.76. The summed E-state index contributed by atoms with van der Waals surface area (Å²) in [5.41, 5.74) is 0. The zero-order chi connectivity index (χ0) is 13.1. The standard InChI is InChI=1S/C13H28N2O2/c1-4-6-7-10-15(3)11-8-12(13(16)17)14-9-5-2/h12,14H,4-11H2,1-3H3,(H,16,17). The minimum Gasteiger partial charge on any atom is -0.480 e. The molecule has 1 atom stereocenters. The Morgan fingerprint density at radius 3 is 2.47 bits per heavy atom. The smallest absolute Gasteiger partial charge is 0.320 e. The van der Waals surface area contributed by atoms with Crippen molar-refractivity contribution in [1.82, 2.24) is 10.2 Å². The third-order valence-corrected chi connectivity index (χ3v) is 2.88. The fraction of sp³-hybridized carbons (Fsp3) is 0.923. The molecule has 4 nitrogen and oxygen atoms in total. The van der Waals surface area contributed by atoms with Crippen molar-refractivity contribution in [3.8, 4) is 0 Å². The van der Waals surface area contributed by atoms with E-state index >= 15 is 0 Å². The summed E-state index contributed by atoms with van der Waals surface area (Å²) in [4.78, 5) is 13.2. The molecule has 0 saturated heterocycles. The van der Waals surface area contributed by atoms with Crippen LogP contribution in [0, 0.1) is 0 Å². The lowest BCUT2D eigenvalue weighted by Gasteiger charge is -2.20. The minimum absolute atomic E-state index is 0.399. The topological polar surface area (TPSA) is 52.6 Å². The fourth-order valence-electron chi connectivity index (χ4n) is 1.72. The second-order valence-corrected chi connectivity index (χ2v) is 4.64. The molecule has 0 saturated carbocycles. The number of nitrogens with one attached hydrogen (secondary N) is 1. The van der Waals surface area contributed by atoms with Crippen molar-refractivity contribution >= 4 is 5.97 Å². The van der Waals surface area contributed by atoms with E-state index in [2.05, 4.69) is 24.2 Å². The van der Waals surface area contributed by atoms with Crippen molar-refractivity contribution in [2.45, 2.75) is 52.0 Å². The molecule has 1 unspecified atom stereocenters. The van der Waals surface area contributed by atoms with E-state index in [1.165, 1.54) is 19.3 Å². The third kappa shape index (κ3) is 9.12. The van der Waals surface area contributed by atoms with Crippen LogP contribution in [-0.4, -0.2) is 48.7 Å². The Morgan fingerprint density at radius 1 is 1.24 bits per heavy atom. The Morgan fingerprint density at radius 2 is 1.94 bits per heavy atom. The van der Waals surface area contributed by atoms with Gasteiger partial charge in [0.2, 0.25) is 0 Å². The minimum atomic E-state index is -0.736. The second-order valence-electron chi connectivity index (χ2n) is 4.64. The molecule has 0 bridgehead atoms. The molecular formula is C13H28N2O2. The molecule has 0 rings (SSSR count). The average Bonchev–Trinajstić information content (AvgIpc) is 2.29. The predicted molar refractivity (Wildman–Crippen MR) is 71.4 cm³/mol. The Bertz CT molecular complexity index is 198. The molecule has 0 aliphatic carbocycles. The van der Waals surface area contributed by atoms with Gasteiger partial charge in [0.15, 0.2) is 0 Å². The lowest BCUT2D eigenvalue weighted by Crippen LogP contribution is -2.39. The highest BCUT2D eigenvalue weighted by Crippen LogP contribution is 2.00. The van der Waals surface area contributed by atoms with Crippen LogP contribution in [0.1, 0.15) is 46.0 Å². The van der Waals surface area contributed by atoms with Crippen molar-refractivity contribution in [3.05, 3.63) is 0 Å². The van der Waals surface area contributed by atoms with Crippen molar-refractivity contribution < 1.29 is 9.90 Å². The lowest BCUT2D eigenvalue weighted by atomic mass is 10.2. The van der Waals surface area contributed by atoms with E-state index in [1.54, 1.807) is 0 Å². The van der Waals surface area contributed by atoms with E-state index in [1.807, 2.05) is 6.92 Å². The summed E-state index contributed by atoms with van der Waals surface area (Å²) in [7, 11) is 2.06. The number of carbonyl (C=O) groups is 1. The van der Waals surface area contributed by atoms with Gasteiger partial charge in [0.05, 0.1) is 0 Å². The molecular weight excluding hydrogens is 216 g/mol. The van der Waals surface area contributed by atoms with Crippen molar-refractivity contribution in [2.24, 2.45) is 0 Å². The molecule has 2 N–H and O–H groups in total. The van der Waals surface area contributed by atoms with Gasteiger partial charge in [-0.3, -0.25) is 4.79 Å². The molecule has 4 heteroatoms. The van der Waals surface area contributed by atoms with Gasteiger partial charge in [0.1, 0.15) is 6.04 Å². The highest BCUT2D eigenvalue weighted by atomic mass is 16.4. The van der Waals surface area contributed by atoms with Gasteiger partial charge in [-0.05, 0) is 45.9 Å². The predicted octanol–water partition coefficient (Wildman–Crippen LogP) is 1.95. The van der Waals surface area contributed by atoms with Gasteiger partial charge in [-0.1, -0.05) is 26.7 Å². The Labute approximate surface area is 105 Å². The maximum absolute atomic E-state index is 11.0. The largest absolute Gasteiger partial charge is 0.480 e. The Hall–Kier alpha value is -0.610. The maximum atomic E-state index is 11.0. The highest BCUT2D eigenvalue weighted by molar-refractivity contribution is 5.73. The summed E-state index contributed by atoms with van der Waals surface area (Å²) >= 11 is 0. The number of unbranched alkanes of at least 4 members (excludes halogenated alkanes) is 2. The number of aliphatic carboxylic acids is 1. The number of hydrogen-bond donors (Lipinski definition) is 2. The Kier molecular flexibility index (Phi) is 10.2. The zero-order valence-electron chi connectivity index (χ0n) is 11.5.